The number of piperidine rings is 1. The Labute approximate surface area is 193 Å². The van der Waals surface area contributed by atoms with Crippen LogP contribution < -0.4 is 0 Å². The van der Waals surface area contributed by atoms with Crippen LogP contribution in [0.5, 0.6) is 0 Å². The second-order valence-electron chi connectivity index (χ2n) is 9.09. The lowest BCUT2D eigenvalue weighted by Crippen LogP contribution is -2.40. The molecule has 4 aromatic rings. The minimum Gasteiger partial charge on any atom is -0.342 e. The van der Waals surface area contributed by atoms with Crippen molar-refractivity contribution in [2.75, 3.05) is 13.1 Å². The summed E-state index contributed by atoms with van der Waals surface area (Å²) in [5.74, 6) is 0.767. The van der Waals surface area contributed by atoms with Gasteiger partial charge in [0.1, 0.15) is 11.6 Å². The molecule has 1 aliphatic heterocycles. The number of nitrogens with zero attached hydrogens (tertiary/aromatic N) is 3. The second kappa shape index (κ2) is 8.81. The van der Waals surface area contributed by atoms with Crippen LogP contribution in [0, 0.1) is 19.7 Å². The molecule has 1 amide bonds. The Morgan fingerprint density at radius 1 is 0.970 bits per heavy atom. The topological polar surface area (TPSA) is 38.1 Å². The molecule has 1 fully saturated rings. The number of fused-ring (bicyclic) bond motifs is 1. The number of rotatable bonds is 4. The van der Waals surface area contributed by atoms with E-state index in [0.29, 0.717) is 19.5 Å². The predicted octanol–water partition coefficient (Wildman–Crippen LogP) is 5.87. The summed E-state index contributed by atoms with van der Waals surface area (Å²) in [6.07, 6.45) is 2.07. The predicted molar refractivity (Wildman–Crippen MR) is 130 cm³/mol. The number of hydrogen-bond acceptors (Lipinski definition) is 2. The van der Waals surface area contributed by atoms with Crippen molar-refractivity contribution in [3.8, 4) is 11.4 Å². The lowest BCUT2D eigenvalue weighted by atomic mass is 10.0. The van der Waals surface area contributed by atoms with Crippen molar-refractivity contribution in [1.82, 2.24) is 14.5 Å². The van der Waals surface area contributed by atoms with Crippen LogP contribution in [0.4, 0.5) is 4.39 Å². The molecule has 1 aliphatic rings. The molecule has 0 bridgehead atoms. The zero-order chi connectivity index (χ0) is 22.9. The van der Waals surface area contributed by atoms with Gasteiger partial charge in [0.2, 0.25) is 5.91 Å². The highest BCUT2D eigenvalue weighted by atomic mass is 19.1. The molecule has 0 unspecified atom stereocenters. The summed E-state index contributed by atoms with van der Waals surface area (Å²) in [6.45, 7) is 5.51. The number of likely N-dealkylation sites (tertiary alicyclic amines) is 1. The van der Waals surface area contributed by atoms with Gasteiger partial charge in [-0.25, -0.2) is 9.37 Å². The molecule has 2 heterocycles. The normalized spacial score (nSPS) is 14.7. The minimum absolute atomic E-state index is 0.164. The fraction of sp³-hybridized carbons (Fsp3) is 0.286. The van der Waals surface area contributed by atoms with E-state index < -0.39 is 0 Å². The van der Waals surface area contributed by atoms with E-state index in [0.717, 1.165) is 40.8 Å². The standard InChI is InChI=1S/C28H28FN3O/c1-19-14-20(2)16-21(15-19)17-27(33)31-12-10-24(11-13-31)32-26-18-23(29)8-9-25(26)30-28(32)22-6-4-3-5-7-22/h3-9,14-16,18,24H,10-13,17H2,1-2H3. The molecule has 5 rings (SSSR count). The molecule has 0 spiro atoms. The number of amides is 1. The first-order valence-corrected chi connectivity index (χ1v) is 11.6. The van der Waals surface area contributed by atoms with Gasteiger partial charge in [0.05, 0.1) is 17.5 Å². The maximum atomic E-state index is 14.1. The summed E-state index contributed by atoms with van der Waals surface area (Å²) in [6, 6.07) is 21.3. The lowest BCUT2D eigenvalue weighted by Gasteiger charge is -2.34. The molecule has 3 aromatic carbocycles. The van der Waals surface area contributed by atoms with Crippen molar-refractivity contribution in [2.24, 2.45) is 0 Å². The molecule has 1 aromatic heterocycles. The van der Waals surface area contributed by atoms with Gasteiger partial charge < -0.3 is 9.47 Å². The fourth-order valence-corrected chi connectivity index (χ4v) is 5.06. The van der Waals surface area contributed by atoms with E-state index in [1.54, 1.807) is 12.1 Å². The first-order chi connectivity index (χ1) is 16.0. The Hall–Kier alpha value is -3.47. The van der Waals surface area contributed by atoms with Crippen molar-refractivity contribution < 1.29 is 9.18 Å². The zero-order valence-electron chi connectivity index (χ0n) is 19.1. The van der Waals surface area contributed by atoms with Crippen LogP contribution in [0.25, 0.3) is 22.4 Å². The Bertz CT molecular complexity index is 1280. The smallest absolute Gasteiger partial charge is 0.226 e. The molecule has 168 valence electrons. The Kier molecular flexibility index (Phi) is 5.71. The van der Waals surface area contributed by atoms with Gasteiger partial charge in [0, 0.05) is 24.7 Å². The van der Waals surface area contributed by atoms with Crippen molar-refractivity contribution in [2.45, 2.75) is 39.2 Å². The highest BCUT2D eigenvalue weighted by Gasteiger charge is 2.27. The monoisotopic (exact) mass is 441 g/mol. The average Bonchev–Trinajstić information content (AvgIpc) is 3.17. The third-order valence-electron chi connectivity index (χ3n) is 6.50. The first kappa shape index (κ1) is 21.4. The van der Waals surface area contributed by atoms with E-state index >= 15 is 0 Å². The van der Waals surface area contributed by atoms with E-state index in [1.165, 1.54) is 17.2 Å². The number of hydrogen-bond donors (Lipinski definition) is 0. The zero-order valence-corrected chi connectivity index (χ0v) is 19.1. The fourth-order valence-electron chi connectivity index (χ4n) is 5.06. The largest absolute Gasteiger partial charge is 0.342 e. The summed E-state index contributed by atoms with van der Waals surface area (Å²) < 4.78 is 16.3. The first-order valence-electron chi connectivity index (χ1n) is 11.6. The molecule has 5 heteroatoms. The molecule has 4 nitrogen and oxygen atoms in total. The average molecular weight is 442 g/mol. The number of halogens is 1. The third kappa shape index (κ3) is 4.40. The Morgan fingerprint density at radius 3 is 2.36 bits per heavy atom. The molecule has 33 heavy (non-hydrogen) atoms. The van der Waals surface area contributed by atoms with Crippen LogP contribution in [0.15, 0.2) is 66.7 Å². The molecule has 0 radical (unpaired) electrons. The van der Waals surface area contributed by atoms with Crippen molar-refractivity contribution in [3.63, 3.8) is 0 Å². The second-order valence-corrected chi connectivity index (χ2v) is 9.09. The van der Waals surface area contributed by atoms with Crippen LogP contribution in [0.1, 0.15) is 35.6 Å². The molecule has 0 saturated carbocycles. The van der Waals surface area contributed by atoms with Gasteiger partial charge in [-0.15, -0.1) is 0 Å². The van der Waals surface area contributed by atoms with Gasteiger partial charge in [-0.2, -0.15) is 0 Å². The van der Waals surface area contributed by atoms with E-state index in [1.807, 2.05) is 35.2 Å². The van der Waals surface area contributed by atoms with Gasteiger partial charge in [-0.05, 0) is 50.5 Å². The third-order valence-corrected chi connectivity index (χ3v) is 6.50. The maximum absolute atomic E-state index is 14.1. The number of imidazole rings is 1. The van der Waals surface area contributed by atoms with E-state index in [2.05, 4.69) is 36.6 Å². The minimum atomic E-state index is -0.260. The molecule has 0 aliphatic carbocycles. The summed E-state index contributed by atoms with van der Waals surface area (Å²) in [4.78, 5) is 19.8. The van der Waals surface area contributed by atoms with Crippen LogP contribution in [-0.4, -0.2) is 33.4 Å². The molecular formula is C28H28FN3O. The van der Waals surface area contributed by atoms with E-state index in [9.17, 15) is 9.18 Å². The van der Waals surface area contributed by atoms with Crippen molar-refractivity contribution >= 4 is 16.9 Å². The van der Waals surface area contributed by atoms with Crippen LogP contribution >= 0.6 is 0 Å². The molecule has 0 atom stereocenters. The SMILES string of the molecule is Cc1cc(C)cc(CC(=O)N2CCC(n3c(-c4ccccc4)nc4ccc(F)cc43)CC2)c1. The number of aromatic nitrogens is 2. The summed E-state index contributed by atoms with van der Waals surface area (Å²) in [7, 11) is 0. The highest BCUT2D eigenvalue weighted by molar-refractivity contribution is 5.81. The van der Waals surface area contributed by atoms with Gasteiger partial charge in [-0.1, -0.05) is 59.7 Å². The van der Waals surface area contributed by atoms with Crippen LogP contribution in [0.2, 0.25) is 0 Å². The highest BCUT2D eigenvalue weighted by Crippen LogP contribution is 2.33. The summed E-state index contributed by atoms with van der Waals surface area (Å²) in [5, 5.41) is 0. The van der Waals surface area contributed by atoms with Crippen LogP contribution in [0.3, 0.4) is 0 Å². The quantitative estimate of drug-likeness (QED) is 0.398. The van der Waals surface area contributed by atoms with E-state index in [4.69, 9.17) is 4.98 Å². The van der Waals surface area contributed by atoms with Crippen LogP contribution in [-0.2, 0) is 11.2 Å². The number of carbonyl (C=O) groups is 1. The van der Waals surface area contributed by atoms with Gasteiger partial charge in [0.25, 0.3) is 0 Å². The summed E-state index contributed by atoms with van der Waals surface area (Å²) in [5.41, 5.74) is 6.07. The number of carbonyl (C=O) groups excluding carboxylic acids is 1. The molecule has 1 saturated heterocycles. The van der Waals surface area contributed by atoms with Gasteiger partial charge >= 0.3 is 0 Å². The van der Waals surface area contributed by atoms with Gasteiger partial charge in [0.15, 0.2) is 0 Å². The van der Waals surface area contributed by atoms with Gasteiger partial charge in [-0.3, -0.25) is 4.79 Å². The van der Waals surface area contributed by atoms with E-state index in [-0.39, 0.29) is 17.8 Å². The molecular weight excluding hydrogens is 413 g/mol. The Morgan fingerprint density at radius 2 is 1.67 bits per heavy atom. The lowest BCUT2D eigenvalue weighted by molar-refractivity contribution is -0.131. The number of aryl methyl sites for hydroxylation is 2. The summed E-state index contributed by atoms with van der Waals surface area (Å²) >= 11 is 0. The number of benzene rings is 3. The maximum Gasteiger partial charge on any atom is 0.226 e. The Balaban J connectivity index is 1.38. The van der Waals surface area contributed by atoms with Crippen molar-refractivity contribution in [3.05, 3.63) is 89.2 Å². The van der Waals surface area contributed by atoms with Crippen molar-refractivity contribution in [1.29, 1.82) is 0 Å². The molecule has 0 N–H and O–H groups in total.